The van der Waals surface area contributed by atoms with Gasteiger partial charge in [0.25, 0.3) is 5.91 Å². The van der Waals surface area contributed by atoms with Crippen LogP contribution >= 0.6 is 0 Å². The first-order valence-corrected chi connectivity index (χ1v) is 10.9. The van der Waals surface area contributed by atoms with E-state index in [2.05, 4.69) is 16.8 Å². The van der Waals surface area contributed by atoms with Crippen LogP contribution in [-0.2, 0) is 11.3 Å². The molecule has 2 N–H and O–H groups in total. The van der Waals surface area contributed by atoms with Crippen molar-refractivity contribution in [2.45, 2.75) is 69.4 Å². The standard InChI is InChI=1S/C23H29N3O4/c1-14-6-9-19(21(27)24-14)26-11-15-10-16(7-8-17(15)22(26)28)30-20-5-3-4-18(20)25-12-23(2,29)13-25/h7-8,10,18-20,29H,1,3-6,9,11-13H2,2H3,(H,24,27). The number of piperidine rings is 1. The number of hydrogen-bond acceptors (Lipinski definition) is 5. The molecule has 1 aromatic rings. The summed E-state index contributed by atoms with van der Waals surface area (Å²) in [6, 6.07) is 5.53. The lowest BCUT2D eigenvalue weighted by atomic mass is 9.93. The number of carbonyl (C=O) groups excluding carboxylic acids is 2. The average molecular weight is 412 g/mol. The smallest absolute Gasteiger partial charge is 0.255 e. The van der Waals surface area contributed by atoms with Crippen LogP contribution in [0.3, 0.4) is 0 Å². The first-order chi connectivity index (χ1) is 14.3. The fourth-order valence-corrected chi connectivity index (χ4v) is 5.40. The van der Waals surface area contributed by atoms with Gasteiger partial charge in [0, 0.05) is 36.9 Å². The van der Waals surface area contributed by atoms with Crippen LogP contribution in [-0.4, -0.2) is 63.6 Å². The van der Waals surface area contributed by atoms with Gasteiger partial charge >= 0.3 is 0 Å². The Bertz CT molecular complexity index is 904. The SMILES string of the molecule is C=C1CCC(N2Cc3cc(OC4CCCC4N4CC(C)(O)C4)ccc3C2=O)C(=O)N1. The molecule has 0 spiro atoms. The molecular formula is C23H29N3O4. The molecule has 2 saturated heterocycles. The zero-order valence-corrected chi connectivity index (χ0v) is 17.4. The highest BCUT2D eigenvalue weighted by Gasteiger charge is 2.45. The van der Waals surface area contributed by atoms with E-state index >= 15 is 0 Å². The van der Waals surface area contributed by atoms with Gasteiger partial charge in [-0.15, -0.1) is 0 Å². The molecule has 1 saturated carbocycles. The van der Waals surface area contributed by atoms with Gasteiger partial charge < -0.3 is 20.1 Å². The highest BCUT2D eigenvalue weighted by molar-refractivity contribution is 6.01. The molecule has 3 fully saturated rings. The molecule has 0 radical (unpaired) electrons. The molecule has 160 valence electrons. The average Bonchev–Trinajstić information content (AvgIpc) is 3.24. The van der Waals surface area contributed by atoms with Crippen LogP contribution in [0.4, 0.5) is 0 Å². The molecule has 3 unspecified atom stereocenters. The topological polar surface area (TPSA) is 82.1 Å². The summed E-state index contributed by atoms with van der Waals surface area (Å²) in [5, 5.41) is 12.8. The van der Waals surface area contributed by atoms with Crippen molar-refractivity contribution < 1.29 is 19.4 Å². The van der Waals surface area contributed by atoms with E-state index in [9.17, 15) is 14.7 Å². The summed E-state index contributed by atoms with van der Waals surface area (Å²) in [5.74, 6) is 0.530. The third-order valence-electron chi connectivity index (χ3n) is 6.87. The second-order valence-electron chi connectivity index (χ2n) is 9.46. The van der Waals surface area contributed by atoms with Crippen molar-refractivity contribution in [1.29, 1.82) is 0 Å². The number of fused-ring (bicyclic) bond motifs is 1. The number of carbonyl (C=O) groups is 2. The zero-order valence-electron chi connectivity index (χ0n) is 17.4. The number of likely N-dealkylation sites (tertiary alicyclic amines) is 1. The van der Waals surface area contributed by atoms with Gasteiger partial charge in [-0.05, 0) is 62.8 Å². The molecule has 7 heteroatoms. The van der Waals surface area contributed by atoms with E-state index in [-0.39, 0.29) is 17.9 Å². The van der Waals surface area contributed by atoms with E-state index in [0.717, 1.165) is 30.6 Å². The minimum atomic E-state index is -0.581. The Labute approximate surface area is 176 Å². The maximum atomic E-state index is 12.9. The Morgan fingerprint density at radius 3 is 2.77 bits per heavy atom. The molecule has 1 aromatic carbocycles. The molecule has 2 amide bonds. The van der Waals surface area contributed by atoms with Crippen molar-refractivity contribution in [2.24, 2.45) is 0 Å². The van der Waals surface area contributed by atoms with Crippen LogP contribution in [0.25, 0.3) is 0 Å². The third-order valence-corrected chi connectivity index (χ3v) is 6.87. The molecule has 3 heterocycles. The van der Waals surface area contributed by atoms with Gasteiger partial charge in [-0.3, -0.25) is 14.5 Å². The first-order valence-electron chi connectivity index (χ1n) is 10.9. The Morgan fingerprint density at radius 2 is 2.03 bits per heavy atom. The molecule has 3 aliphatic heterocycles. The second-order valence-corrected chi connectivity index (χ2v) is 9.46. The predicted octanol–water partition coefficient (Wildman–Crippen LogP) is 1.80. The number of benzene rings is 1. The van der Waals surface area contributed by atoms with Crippen molar-refractivity contribution in [3.05, 3.63) is 41.6 Å². The minimum absolute atomic E-state index is 0.0919. The second kappa shape index (κ2) is 7.10. The van der Waals surface area contributed by atoms with Crippen LogP contribution in [0.2, 0.25) is 0 Å². The van der Waals surface area contributed by atoms with Gasteiger partial charge in [0.05, 0.1) is 5.60 Å². The summed E-state index contributed by atoms with van der Waals surface area (Å²) in [6.07, 6.45) is 4.60. The number of aliphatic hydroxyl groups is 1. The largest absolute Gasteiger partial charge is 0.489 e. The third kappa shape index (κ3) is 3.40. The number of allylic oxidation sites excluding steroid dienone is 1. The molecule has 7 nitrogen and oxygen atoms in total. The lowest BCUT2D eigenvalue weighted by molar-refractivity contribution is -0.126. The molecule has 3 atom stereocenters. The molecule has 4 aliphatic rings. The van der Waals surface area contributed by atoms with Gasteiger partial charge in [-0.1, -0.05) is 6.58 Å². The highest BCUT2D eigenvalue weighted by atomic mass is 16.5. The summed E-state index contributed by atoms with van der Waals surface area (Å²) in [6.45, 7) is 7.51. The Hall–Kier alpha value is -2.38. The number of hydrogen-bond donors (Lipinski definition) is 2. The number of nitrogens with one attached hydrogen (secondary N) is 1. The lowest BCUT2D eigenvalue weighted by Gasteiger charge is -2.48. The monoisotopic (exact) mass is 411 g/mol. The molecule has 5 rings (SSSR count). The Balaban J connectivity index is 1.28. The van der Waals surface area contributed by atoms with Crippen molar-refractivity contribution in [3.8, 4) is 5.75 Å². The van der Waals surface area contributed by atoms with E-state index in [1.807, 2.05) is 25.1 Å². The van der Waals surface area contributed by atoms with Crippen molar-refractivity contribution in [2.75, 3.05) is 13.1 Å². The van der Waals surface area contributed by atoms with Gasteiger partial charge in [-0.25, -0.2) is 0 Å². The summed E-state index contributed by atoms with van der Waals surface area (Å²) >= 11 is 0. The summed E-state index contributed by atoms with van der Waals surface area (Å²) < 4.78 is 6.35. The van der Waals surface area contributed by atoms with Gasteiger partial charge in [0.15, 0.2) is 0 Å². The van der Waals surface area contributed by atoms with Crippen LogP contribution in [0.15, 0.2) is 30.5 Å². The highest BCUT2D eigenvalue weighted by Crippen LogP contribution is 2.35. The fourth-order valence-electron chi connectivity index (χ4n) is 5.40. The number of nitrogens with zero attached hydrogens (tertiary/aromatic N) is 2. The minimum Gasteiger partial charge on any atom is -0.489 e. The normalized spacial score (nSPS) is 30.8. The van der Waals surface area contributed by atoms with Gasteiger partial charge in [-0.2, -0.15) is 0 Å². The van der Waals surface area contributed by atoms with Crippen LogP contribution < -0.4 is 10.1 Å². The van der Waals surface area contributed by atoms with Gasteiger partial charge in [0.2, 0.25) is 5.91 Å². The zero-order chi connectivity index (χ0) is 21.0. The van der Waals surface area contributed by atoms with E-state index in [1.165, 1.54) is 0 Å². The van der Waals surface area contributed by atoms with Gasteiger partial charge in [0.1, 0.15) is 17.9 Å². The van der Waals surface area contributed by atoms with Crippen molar-refractivity contribution in [3.63, 3.8) is 0 Å². The molecule has 0 aromatic heterocycles. The predicted molar refractivity (Wildman–Crippen MR) is 111 cm³/mol. The van der Waals surface area contributed by atoms with Crippen molar-refractivity contribution in [1.82, 2.24) is 15.1 Å². The van der Waals surface area contributed by atoms with E-state index in [1.54, 1.807) is 4.90 Å². The van der Waals surface area contributed by atoms with E-state index in [0.29, 0.717) is 49.8 Å². The molecule has 30 heavy (non-hydrogen) atoms. The number of ether oxygens (including phenoxy) is 1. The summed E-state index contributed by atoms with van der Waals surface area (Å²) in [7, 11) is 0. The van der Waals surface area contributed by atoms with E-state index < -0.39 is 11.6 Å². The van der Waals surface area contributed by atoms with E-state index in [4.69, 9.17) is 4.74 Å². The first kappa shape index (κ1) is 19.6. The number of rotatable bonds is 4. The van der Waals surface area contributed by atoms with Crippen molar-refractivity contribution >= 4 is 11.8 Å². The summed E-state index contributed by atoms with van der Waals surface area (Å²) in [4.78, 5) is 29.2. The summed E-state index contributed by atoms with van der Waals surface area (Å²) in [5.41, 5.74) is 1.70. The molecule has 0 bridgehead atoms. The number of β-amino-alcohol motifs (C(OH)–C–C–N with tert-alkyl or cyclic N) is 1. The maximum Gasteiger partial charge on any atom is 0.255 e. The Kier molecular flexibility index (Phi) is 4.63. The van der Waals surface area contributed by atoms with Crippen LogP contribution in [0.5, 0.6) is 5.75 Å². The molecule has 1 aliphatic carbocycles. The number of amides is 2. The van der Waals surface area contributed by atoms with Crippen LogP contribution in [0.1, 0.15) is 54.9 Å². The quantitative estimate of drug-likeness (QED) is 0.790. The fraction of sp³-hybridized carbons (Fsp3) is 0.565. The Morgan fingerprint density at radius 1 is 1.23 bits per heavy atom. The van der Waals surface area contributed by atoms with Crippen LogP contribution in [0, 0.1) is 0 Å². The lowest BCUT2D eigenvalue weighted by Crippen LogP contribution is -2.64. The maximum absolute atomic E-state index is 12.9. The molecular weight excluding hydrogens is 382 g/mol.